The summed E-state index contributed by atoms with van der Waals surface area (Å²) in [6.45, 7) is 0. The van der Waals surface area contributed by atoms with Gasteiger partial charge in [-0.05, 0) is 54.6 Å². The molecular weight excluding hydrogens is 392 g/mol. The van der Waals surface area contributed by atoms with E-state index in [9.17, 15) is 4.79 Å². The average molecular weight is 409 g/mol. The third kappa shape index (κ3) is 4.33. The molecule has 0 fully saturated rings. The Labute approximate surface area is 172 Å². The van der Waals surface area contributed by atoms with Gasteiger partial charge in [0.15, 0.2) is 11.3 Å². The topological polar surface area (TPSA) is 73.6 Å². The molecule has 4 rings (SSSR count). The van der Waals surface area contributed by atoms with Gasteiger partial charge in [-0.15, -0.1) is 0 Å². The highest BCUT2D eigenvalue weighted by Crippen LogP contribution is 2.33. The number of aromatic nitrogens is 1. The van der Waals surface area contributed by atoms with Crippen LogP contribution in [-0.4, -0.2) is 18.2 Å². The van der Waals surface area contributed by atoms with E-state index in [0.29, 0.717) is 33.5 Å². The van der Waals surface area contributed by atoms with Crippen molar-refractivity contribution in [1.82, 2.24) is 5.16 Å². The lowest BCUT2D eigenvalue weighted by Crippen LogP contribution is -2.15. The Balaban J connectivity index is 1.52. The molecular formula is C22H17ClN2O4. The summed E-state index contributed by atoms with van der Waals surface area (Å²) >= 11 is 6.11. The highest BCUT2D eigenvalue weighted by molar-refractivity contribution is 6.31. The third-order valence-corrected chi connectivity index (χ3v) is 4.52. The van der Waals surface area contributed by atoms with Crippen LogP contribution in [0.2, 0.25) is 5.02 Å². The van der Waals surface area contributed by atoms with E-state index >= 15 is 0 Å². The van der Waals surface area contributed by atoms with E-state index in [-0.39, 0.29) is 12.3 Å². The molecule has 0 saturated heterocycles. The summed E-state index contributed by atoms with van der Waals surface area (Å²) in [5, 5.41) is 8.13. The summed E-state index contributed by atoms with van der Waals surface area (Å²) in [5.74, 6) is 1.54. The van der Waals surface area contributed by atoms with E-state index in [4.69, 9.17) is 25.6 Å². The summed E-state index contributed by atoms with van der Waals surface area (Å²) in [6.07, 6.45) is 0.0610. The number of para-hydroxylation sites is 1. The second kappa shape index (κ2) is 8.24. The van der Waals surface area contributed by atoms with Crippen LogP contribution in [0.4, 0.5) is 5.69 Å². The van der Waals surface area contributed by atoms with Crippen LogP contribution >= 0.6 is 11.6 Å². The molecule has 29 heavy (non-hydrogen) atoms. The number of nitrogens with one attached hydrogen (secondary N) is 1. The normalized spacial score (nSPS) is 10.7. The number of fused-ring (bicyclic) bond motifs is 1. The minimum atomic E-state index is -0.258. The molecule has 0 aliphatic carbocycles. The zero-order valence-corrected chi connectivity index (χ0v) is 16.3. The maximum absolute atomic E-state index is 12.6. The minimum Gasteiger partial charge on any atom is -0.497 e. The van der Waals surface area contributed by atoms with Gasteiger partial charge in [0.05, 0.1) is 19.2 Å². The molecule has 1 N–H and O–H groups in total. The average Bonchev–Trinajstić information content (AvgIpc) is 3.13. The smallest absolute Gasteiger partial charge is 0.230 e. The summed E-state index contributed by atoms with van der Waals surface area (Å²) in [7, 11) is 1.60. The summed E-state index contributed by atoms with van der Waals surface area (Å²) in [5.41, 5.74) is 1.67. The van der Waals surface area contributed by atoms with E-state index in [1.54, 1.807) is 49.6 Å². The van der Waals surface area contributed by atoms with Crippen molar-refractivity contribution in [3.05, 3.63) is 77.4 Å². The third-order valence-electron chi connectivity index (χ3n) is 4.28. The molecule has 146 valence electrons. The number of methoxy groups -OCH3 is 1. The van der Waals surface area contributed by atoms with Crippen molar-refractivity contribution in [3.8, 4) is 17.2 Å². The van der Waals surface area contributed by atoms with E-state index in [1.165, 1.54) is 0 Å². The van der Waals surface area contributed by atoms with Gasteiger partial charge in [-0.25, -0.2) is 0 Å². The zero-order chi connectivity index (χ0) is 20.2. The van der Waals surface area contributed by atoms with Crippen molar-refractivity contribution in [2.45, 2.75) is 6.42 Å². The van der Waals surface area contributed by atoms with Gasteiger partial charge in [-0.3, -0.25) is 4.79 Å². The number of nitrogens with zero attached hydrogens (tertiary/aromatic N) is 1. The fourth-order valence-corrected chi connectivity index (χ4v) is 3.04. The van der Waals surface area contributed by atoms with Crippen LogP contribution in [0.1, 0.15) is 5.69 Å². The van der Waals surface area contributed by atoms with Crippen molar-refractivity contribution < 1.29 is 18.8 Å². The van der Waals surface area contributed by atoms with Gasteiger partial charge in [0.25, 0.3) is 0 Å². The number of hydrogen-bond acceptors (Lipinski definition) is 5. The first-order valence-corrected chi connectivity index (χ1v) is 9.25. The first kappa shape index (κ1) is 18.8. The molecule has 1 heterocycles. The molecule has 0 unspecified atom stereocenters. The van der Waals surface area contributed by atoms with Gasteiger partial charge in [0.2, 0.25) is 5.91 Å². The lowest BCUT2D eigenvalue weighted by atomic mass is 10.1. The maximum atomic E-state index is 12.6. The number of ether oxygens (including phenoxy) is 2. The fourth-order valence-electron chi connectivity index (χ4n) is 2.87. The predicted molar refractivity (Wildman–Crippen MR) is 111 cm³/mol. The highest BCUT2D eigenvalue weighted by atomic mass is 35.5. The molecule has 7 heteroatoms. The second-order valence-corrected chi connectivity index (χ2v) is 6.70. The van der Waals surface area contributed by atoms with E-state index in [1.807, 2.05) is 24.3 Å². The molecule has 0 radical (unpaired) electrons. The maximum Gasteiger partial charge on any atom is 0.230 e. The monoisotopic (exact) mass is 408 g/mol. The number of halogens is 1. The predicted octanol–water partition coefficient (Wildman–Crippen LogP) is 5.46. The fraction of sp³-hybridized carbons (Fsp3) is 0.0909. The van der Waals surface area contributed by atoms with Crippen LogP contribution in [0.25, 0.3) is 11.0 Å². The SMILES string of the molecule is COc1ccc(Oc2ccc(Cl)cc2NC(=O)Cc2noc3ccccc23)cc1. The van der Waals surface area contributed by atoms with E-state index in [2.05, 4.69) is 10.5 Å². The number of anilines is 1. The van der Waals surface area contributed by atoms with Gasteiger partial charge in [0, 0.05) is 10.4 Å². The Morgan fingerprint density at radius 3 is 2.62 bits per heavy atom. The quantitative estimate of drug-likeness (QED) is 0.458. The second-order valence-electron chi connectivity index (χ2n) is 6.27. The molecule has 4 aromatic rings. The first-order valence-electron chi connectivity index (χ1n) is 8.87. The summed E-state index contributed by atoms with van der Waals surface area (Å²) < 4.78 is 16.3. The van der Waals surface area contributed by atoms with Crippen LogP contribution in [0.3, 0.4) is 0 Å². The Kier molecular flexibility index (Phi) is 5.35. The molecule has 6 nitrogen and oxygen atoms in total. The van der Waals surface area contributed by atoms with Crippen LogP contribution in [-0.2, 0) is 11.2 Å². The number of carbonyl (C=O) groups is 1. The number of benzene rings is 3. The lowest BCUT2D eigenvalue weighted by molar-refractivity contribution is -0.115. The van der Waals surface area contributed by atoms with Gasteiger partial charge in [-0.2, -0.15) is 0 Å². The molecule has 0 spiro atoms. The molecule has 0 atom stereocenters. The van der Waals surface area contributed by atoms with Gasteiger partial charge >= 0.3 is 0 Å². The Hall–Kier alpha value is -3.51. The number of carbonyl (C=O) groups excluding carboxylic acids is 1. The summed E-state index contributed by atoms with van der Waals surface area (Å²) in [4.78, 5) is 12.6. The van der Waals surface area contributed by atoms with Gasteiger partial charge < -0.3 is 19.3 Å². The highest BCUT2D eigenvalue weighted by Gasteiger charge is 2.15. The van der Waals surface area contributed by atoms with Crippen LogP contribution < -0.4 is 14.8 Å². The molecule has 0 aliphatic rings. The number of hydrogen-bond donors (Lipinski definition) is 1. The first-order chi connectivity index (χ1) is 14.1. The number of rotatable bonds is 6. The van der Waals surface area contributed by atoms with E-state index in [0.717, 1.165) is 11.1 Å². The van der Waals surface area contributed by atoms with Crippen molar-refractivity contribution in [2.75, 3.05) is 12.4 Å². The largest absolute Gasteiger partial charge is 0.497 e. The molecule has 1 aromatic heterocycles. The van der Waals surface area contributed by atoms with Crippen LogP contribution in [0, 0.1) is 0 Å². The zero-order valence-electron chi connectivity index (χ0n) is 15.5. The molecule has 0 bridgehead atoms. The van der Waals surface area contributed by atoms with Crippen molar-refractivity contribution in [3.63, 3.8) is 0 Å². The summed E-state index contributed by atoms with van der Waals surface area (Å²) in [6, 6.07) is 19.6. The Morgan fingerprint density at radius 1 is 1.07 bits per heavy atom. The standard InChI is InChI=1S/C22H17ClN2O4/c1-27-15-7-9-16(10-8-15)28-21-11-6-14(23)12-19(21)24-22(26)13-18-17-4-2-3-5-20(17)29-25-18/h2-12H,13H2,1H3,(H,24,26). The van der Waals surface area contributed by atoms with Gasteiger partial charge in [0.1, 0.15) is 17.2 Å². The van der Waals surface area contributed by atoms with Crippen molar-refractivity contribution >= 4 is 34.2 Å². The van der Waals surface area contributed by atoms with E-state index < -0.39 is 0 Å². The van der Waals surface area contributed by atoms with Gasteiger partial charge in [-0.1, -0.05) is 28.9 Å². The Bertz CT molecular complexity index is 1160. The lowest BCUT2D eigenvalue weighted by Gasteiger charge is -2.13. The minimum absolute atomic E-state index is 0.0610. The molecule has 0 saturated carbocycles. The van der Waals surface area contributed by atoms with Crippen molar-refractivity contribution in [2.24, 2.45) is 0 Å². The molecule has 1 amide bonds. The number of amides is 1. The van der Waals surface area contributed by atoms with Crippen LogP contribution in [0.5, 0.6) is 17.2 Å². The molecule has 0 aliphatic heterocycles. The van der Waals surface area contributed by atoms with Crippen molar-refractivity contribution in [1.29, 1.82) is 0 Å². The Morgan fingerprint density at radius 2 is 1.83 bits per heavy atom. The molecule has 3 aromatic carbocycles. The van der Waals surface area contributed by atoms with Crippen LogP contribution in [0.15, 0.2) is 71.3 Å².